The van der Waals surface area contributed by atoms with Crippen LogP contribution in [0.25, 0.3) is 0 Å². The molecular weight excluding hydrogens is 200 g/mol. The molecule has 0 spiro atoms. The van der Waals surface area contributed by atoms with Crippen LogP contribution in [0.1, 0.15) is 26.3 Å². The van der Waals surface area contributed by atoms with Crippen molar-refractivity contribution in [3.05, 3.63) is 47.5 Å². The molecule has 1 aromatic rings. The molecule has 0 aliphatic carbocycles. The van der Waals surface area contributed by atoms with Gasteiger partial charge in [0.25, 0.3) is 0 Å². The second-order valence-electron chi connectivity index (χ2n) is 4.14. The van der Waals surface area contributed by atoms with Crippen LogP contribution in [0.5, 0.6) is 0 Å². The molecule has 0 aliphatic rings. The van der Waals surface area contributed by atoms with Crippen LogP contribution in [0, 0.1) is 0 Å². The van der Waals surface area contributed by atoms with Crippen molar-refractivity contribution < 1.29 is 9.84 Å². The Morgan fingerprint density at radius 2 is 2.00 bits per heavy atom. The molecule has 16 heavy (non-hydrogen) atoms. The first kappa shape index (κ1) is 12.9. The van der Waals surface area contributed by atoms with Crippen LogP contribution < -0.4 is 0 Å². The average Bonchev–Trinajstić information content (AvgIpc) is 2.27. The predicted molar refractivity (Wildman–Crippen MR) is 66.3 cm³/mol. The molecule has 1 atom stereocenters. The van der Waals surface area contributed by atoms with Gasteiger partial charge in [-0.25, -0.2) is 0 Å². The minimum absolute atomic E-state index is 0.569. The van der Waals surface area contributed by atoms with Crippen molar-refractivity contribution in [1.29, 1.82) is 0 Å². The van der Waals surface area contributed by atoms with Gasteiger partial charge in [-0.05, 0) is 38.0 Å². The van der Waals surface area contributed by atoms with Gasteiger partial charge < -0.3 is 9.84 Å². The number of ether oxygens (including phenoxy) is 1. The monoisotopic (exact) mass is 220 g/mol. The molecule has 1 N–H and O–H groups in total. The van der Waals surface area contributed by atoms with E-state index in [4.69, 9.17) is 4.74 Å². The Balaban J connectivity index is 2.78. The SMILES string of the molecule is CCOC/C(C)=C\C(C)(O)c1ccccc1. The third-order valence-electron chi connectivity index (χ3n) is 2.42. The van der Waals surface area contributed by atoms with Gasteiger partial charge in [0.2, 0.25) is 0 Å². The molecule has 2 nitrogen and oxygen atoms in total. The molecule has 0 amide bonds. The molecule has 1 unspecified atom stereocenters. The second-order valence-corrected chi connectivity index (χ2v) is 4.14. The van der Waals surface area contributed by atoms with E-state index in [-0.39, 0.29) is 0 Å². The van der Waals surface area contributed by atoms with Gasteiger partial charge in [0.05, 0.1) is 6.61 Å². The minimum Gasteiger partial charge on any atom is -0.381 e. The van der Waals surface area contributed by atoms with Crippen molar-refractivity contribution in [2.24, 2.45) is 0 Å². The topological polar surface area (TPSA) is 29.5 Å². The van der Waals surface area contributed by atoms with Crippen molar-refractivity contribution >= 4 is 0 Å². The molecule has 0 heterocycles. The third-order valence-corrected chi connectivity index (χ3v) is 2.42. The highest BCUT2D eigenvalue weighted by molar-refractivity contribution is 5.27. The van der Waals surface area contributed by atoms with Crippen molar-refractivity contribution in [2.75, 3.05) is 13.2 Å². The Kier molecular flexibility index (Phi) is 4.71. The maximum atomic E-state index is 10.3. The third kappa shape index (κ3) is 3.80. The molecule has 0 fully saturated rings. The lowest BCUT2D eigenvalue weighted by Gasteiger charge is -2.21. The lowest BCUT2D eigenvalue weighted by Crippen LogP contribution is -2.18. The lowest BCUT2D eigenvalue weighted by atomic mass is 9.94. The van der Waals surface area contributed by atoms with Crippen molar-refractivity contribution in [3.63, 3.8) is 0 Å². The molecule has 2 heteroatoms. The van der Waals surface area contributed by atoms with E-state index in [1.54, 1.807) is 6.92 Å². The standard InChI is InChI=1S/C14H20O2/c1-4-16-11-12(2)10-14(3,15)13-8-6-5-7-9-13/h5-10,15H,4,11H2,1-3H3/b12-10-. The van der Waals surface area contributed by atoms with Gasteiger partial charge in [0.1, 0.15) is 5.60 Å². The first-order valence-corrected chi connectivity index (χ1v) is 5.60. The highest BCUT2D eigenvalue weighted by Crippen LogP contribution is 2.23. The van der Waals surface area contributed by atoms with Crippen LogP contribution in [-0.4, -0.2) is 18.3 Å². The number of hydrogen-bond donors (Lipinski definition) is 1. The molecule has 88 valence electrons. The molecule has 0 bridgehead atoms. The summed E-state index contributed by atoms with van der Waals surface area (Å²) in [6.07, 6.45) is 1.85. The van der Waals surface area contributed by atoms with Gasteiger partial charge in [-0.1, -0.05) is 30.3 Å². The number of rotatable bonds is 5. The summed E-state index contributed by atoms with van der Waals surface area (Å²) in [7, 11) is 0. The predicted octanol–water partition coefficient (Wildman–Crippen LogP) is 2.88. The Morgan fingerprint density at radius 3 is 2.56 bits per heavy atom. The van der Waals surface area contributed by atoms with Crippen LogP contribution in [-0.2, 0) is 10.3 Å². The summed E-state index contributed by atoms with van der Waals surface area (Å²) in [4.78, 5) is 0. The van der Waals surface area contributed by atoms with E-state index >= 15 is 0 Å². The molecule has 0 saturated carbocycles. The zero-order valence-corrected chi connectivity index (χ0v) is 10.2. The molecule has 1 aromatic carbocycles. The first-order valence-electron chi connectivity index (χ1n) is 5.60. The minimum atomic E-state index is -0.928. The normalized spacial score (nSPS) is 15.9. The van der Waals surface area contributed by atoms with E-state index < -0.39 is 5.60 Å². The molecule has 0 aromatic heterocycles. The van der Waals surface area contributed by atoms with Crippen LogP contribution in [0.2, 0.25) is 0 Å². The lowest BCUT2D eigenvalue weighted by molar-refractivity contribution is 0.107. The Bertz CT molecular complexity index is 339. The summed E-state index contributed by atoms with van der Waals surface area (Å²) in [6.45, 7) is 6.98. The summed E-state index contributed by atoms with van der Waals surface area (Å²) >= 11 is 0. The van der Waals surface area contributed by atoms with Crippen LogP contribution in [0.4, 0.5) is 0 Å². The van der Waals surface area contributed by atoms with Gasteiger partial charge in [-0.3, -0.25) is 0 Å². The summed E-state index contributed by atoms with van der Waals surface area (Å²) < 4.78 is 5.30. The van der Waals surface area contributed by atoms with Crippen molar-refractivity contribution in [3.8, 4) is 0 Å². The van der Waals surface area contributed by atoms with Gasteiger partial charge in [0.15, 0.2) is 0 Å². The van der Waals surface area contributed by atoms with E-state index in [0.717, 1.165) is 11.1 Å². The van der Waals surface area contributed by atoms with E-state index in [9.17, 15) is 5.11 Å². The second kappa shape index (κ2) is 5.83. The fraction of sp³-hybridized carbons (Fsp3) is 0.429. The first-order chi connectivity index (χ1) is 7.56. The van der Waals surface area contributed by atoms with Gasteiger partial charge in [-0.15, -0.1) is 0 Å². The van der Waals surface area contributed by atoms with E-state index in [0.29, 0.717) is 13.2 Å². The highest BCUT2D eigenvalue weighted by atomic mass is 16.5. The quantitative estimate of drug-likeness (QED) is 0.773. The Morgan fingerprint density at radius 1 is 1.38 bits per heavy atom. The highest BCUT2D eigenvalue weighted by Gasteiger charge is 2.19. The Labute approximate surface area is 97.6 Å². The summed E-state index contributed by atoms with van der Waals surface area (Å²) in [6, 6.07) is 9.64. The molecule has 0 aliphatic heterocycles. The fourth-order valence-corrected chi connectivity index (χ4v) is 1.64. The summed E-state index contributed by atoms with van der Waals surface area (Å²) in [5, 5.41) is 10.3. The number of hydrogen-bond acceptors (Lipinski definition) is 2. The van der Waals surface area contributed by atoms with Crippen molar-refractivity contribution in [1.82, 2.24) is 0 Å². The van der Waals surface area contributed by atoms with E-state index in [1.807, 2.05) is 50.3 Å². The van der Waals surface area contributed by atoms with E-state index in [1.165, 1.54) is 0 Å². The summed E-state index contributed by atoms with van der Waals surface area (Å²) in [5.41, 5.74) is 1.00. The smallest absolute Gasteiger partial charge is 0.105 e. The molecule has 0 radical (unpaired) electrons. The maximum absolute atomic E-state index is 10.3. The van der Waals surface area contributed by atoms with Gasteiger partial charge in [0, 0.05) is 6.61 Å². The van der Waals surface area contributed by atoms with Crippen LogP contribution in [0.3, 0.4) is 0 Å². The number of aliphatic hydroxyl groups is 1. The average molecular weight is 220 g/mol. The zero-order valence-electron chi connectivity index (χ0n) is 10.2. The van der Waals surface area contributed by atoms with Crippen LogP contribution >= 0.6 is 0 Å². The van der Waals surface area contributed by atoms with Crippen molar-refractivity contribution in [2.45, 2.75) is 26.4 Å². The van der Waals surface area contributed by atoms with Gasteiger partial charge in [-0.2, -0.15) is 0 Å². The zero-order chi connectivity index (χ0) is 12.0. The Hall–Kier alpha value is -1.12. The maximum Gasteiger partial charge on any atom is 0.105 e. The molecule has 0 saturated heterocycles. The van der Waals surface area contributed by atoms with E-state index in [2.05, 4.69) is 0 Å². The van der Waals surface area contributed by atoms with Gasteiger partial charge >= 0.3 is 0 Å². The molecule has 1 rings (SSSR count). The van der Waals surface area contributed by atoms with Crippen LogP contribution in [0.15, 0.2) is 42.0 Å². The largest absolute Gasteiger partial charge is 0.381 e. The summed E-state index contributed by atoms with van der Waals surface area (Å²) in [5.74, 6) is 0. The number of benzene rings is 1. The molecular formula is C14H20O2. The fourth-order valence-electron chi connectivity index (χ4n) is 1.64.